The van der Waals surface area contributed by atoms with Crippen molar-refractivity contribution in [1.82, 2.24) is 0 Å². The summed E-state index contributed by atoms with van der Waals surface area (Å²) in [5.74, 6) is 8.01. The van der Waals surface area contributed by atoms with E-state index in [0.717, 1.165) is 22.3 Å². The number of ether oxygens (including phenoxy) is 1. The van der Waals surface area contributed by atoms with Crippen molar-refractivity contribution in [2.24, 2.45) is 0 Å². The van der Waals surface area contributed by atoms with E-state index in [1.165, 1.54) is 37.7 Å². The van der Waals surface area contributed by atoms with Crippen LogP contribution < -0.4 is 4.74 Å². The van der Waals surface area contributed by atoms with Gasteiger partial charge >= 0.3 is 0 Å². The zero-order valence-electron chi connectivity index (χ0n) is 12.7. The smallest absolute Gasteiger partial charge is 0.122 e. The molecule has 1 aliphatic rings. The summed E-state index contributed by atoms with van der Waals surface area (Å²) in [5, 5.41) is 9.58. The van der Waals surface area contributed by atoms with Gasteiger partial charge in [-0.2, -0.15) is 11.8 Å². The van der Waals surface area contributed by atoms with E-state index in [0.29, 0.717) is 6.42 Å². The molecule has 0 aliphatic heterocycles. The molecule has 1 saturated carbocycles. The lowest BCUT2D eigenvalue weighted by Gasteiger charge is -2.21. The lowest BCUT2D eigenvalue weighted by atomic mass is 10.0. The molecule has 0 heterocycles. The summed E-state index contributed by atoms with van der Waals surface area (Å²) in [6, 6.07) is 6.11. The first-order chi connectivity index (χ1) is 10.3. The number of methoxy groups -OCH3 is 1. The minimum Gasteiger partial charge on any atom is -0.496 e. The third-order valence-corrected chi connectivity index (χ3v) is 5.20. The van der Waals surface area contributed by atoms with Crippen molar-refractivity contribution in [3.8, 4) is 17.6 Å². The van der Waals surface area contributed by atoms with Gasteiger partial charge in [0.1, 0.15) is 5.75 Å². The van der Waals surface area contributed by atoms with Crippen LogP contribution in [0.1, 0.15) is 49.7 Å². The van der Waals surface area contributed by atoms with Gasteiger partial charge in [-0.1, -0.05) is 31.1 Å². The van der Waals surface area contributed by atoms with E-state index in [2.05, 4.69) is 17.9 Å². The summed E-state index contributed by atoms with van der Waals surface area (Å²) < 4.78 is 5.46. The number of rotatable bonds is 5. The number of hydrogen-bond acceptors (Lipinski definition) is 3. The highest BCUT2D eigenvalue weighted by atomic mass is 32.2. The lowest BCUT2D eigenvalue weighted by Crippen LogP contribution is -2.08. The summed E-state index contributed by atoms with van der Waals surface area (Å²) in [7, 11) is 1.72. The van der Waals surface area contributed by atoms with Crippen LogP contribution in [0.25, 0.3) is 0 Å². The van der Waals surface area contributed by atoms with E-state index in [-0.39, 0.29) is 6.61 Å². The summed E-state index contributed by atoms with van der Waals surface area (Å²) in [5.41, 5.74) is 2.23. The third kappa shape index (κ3) is 5.30. The van der Waals surface area contributed by atoms with E-state index in [4.69, 9.17) is 9.84 Å². The average molecular weight is 304 g/mol. The molecule has 3 heteroatoms. The van der Waals surface area contributed by atoms with E-state index in [1.807, 2.05) is 23.9 Å². The number of aliphatic hydroxyl groups is 1. The Bertz CT molecular complexity index is 496. The predicted octanol–water partition coefficient (Wildman–Crippen LogP) is 4.00. The first-order valence-corrected chi connectivity index (χ1v) is 8.76. The van der Waals surface area contributed by atoms with Crippen molar-refractivity contribution in [1.29, 1.82) is 0 Å². The molecule has 0 saturated heterocycles. The molecule has 0 spiro atoms. The summed E-state index contributed by atoms with van der Waals surface area (Å²) in [6.45, 7) is 0.119. The zero-order valence-corrected chi connectivity index (χ0v) is 13.5. The van der Waals surface area contributed by atoms with Crippen LogP contribution in [0.5, 0.6) is 5.75 Å². The van der Waals surface area contributed by atoms with E-state index < -0.39 is 0 Å². The molecule has 0 bridgehead atoms. The predicted molar refractivity (Wildman–Crippen MR) is 89.7 cm³/mol. The Labute approximate surface area is 132 Å². The Morgan fingerprint density at radius 3 is 2.81 bits per heavy atom. The highest BCUT2D eigenvalue weighted by Crippen LogP contribution is 2.33. The van der Waals surface area contributed by atoms with Gasteiger partial charge in [-0.25, -0.2) is 0 Å². The normalized spacial score (nSPS) is 15.3. The minimum atomic E-state index is 0.119. The molecule has 1 aliphatic carbocycles. The standard InChI is InChI=1S/C18H24O2S/c1-20-18-11-10-15(7-5-6-12-19)13-16(18)14-21-17-8-3-2-4-9-17/h10-11,13,17,19H,2-4,6,8-9,12,14H2,1H3. The molecule has 2 nitrogen and oxygen atoms in total. The maximum Gasteiger partial charge on any atom is 0.122 e. The third-order valence-electron chi connectivity index (χ3n) is 3.78. The molecule has 1 N–H and O–H groups in total. The van der Waals surface area contributed by atoms with Crippen LogP contribution in [-0.4, -0.2) is 24.1 Å². The summed E-state index contributed by atoms with van der Waals surface area (Å²) >= 11 is 2.05. The van der Waals surface area contributed by atoms with Gasteiger partial charge in [0.25, 0.3) is 0 Å². The summed E-state index contributed by atoms with van der Waals surface area (Å²) in [4.78, 5) is 0. The van der Waals surface area contributed by atoms with E-state index >= 15 is 0 Å². The van der Waals surface area contributed by atoms with Gasteiger partial charge in [0.05, 0.1) is 13.7 Å². The van der Waals surface area contributed by atoms with Crippen LogP contribution in [0.3, 0.4) is 0 Å². The Hall–Kier alpha value is -1.11. The first kappa shape index (κ1) is 16.3. The second-order valence-corrected chi connectivity index (χ2v) is 6.66. The van der Waals surface area contributed by atoms with Gasteiger partial charge in [0.15, 0.2) is 0 Å². The maximum atomic E-state index is 8.78. The van der Waals surface area contributed by atoms with Gasteiger partial charge in [0.2, 0.25) is 0 Å². The van der Waals surface area contributed by atoms with Crippen molar-refractivity contribution >= 4 is 11.8 Å². The Balaban J connectivity index is 2.01. The highest BCUT2D eigenvalue weighted by molar-refractivity contribution is 7.99. The molecule has 1 aromatic rings. The second kappa shape index (κ2) is 9.02. The largest absolute Gasteiger partial charge is 0.496 e. The molecule has 21 heavy (non-hydrogen) atoms. The fraction of sp³-hybridized carbons (Fsp3) is 0.556. The van der Waals surface area contributed by atoms with Gasteiger partial charge in [-0.3, -0.25) is 0 Å². The second-order valence-electron chi connectivity index (χ2n) is 5.37. The quantitative estimate of drug-likeness (QED) is 0.834. The van der Waals surface area contributed by atoms with Crippen LogP contribution in [0.2, 0.25) is 0 Å². The monoisotopic (exact) mass is 304 g/mol. The van der Waals surface area contributed by atoms with Gasteiger partial charge in [0, 0.05) is 28.6 Å². The van der Waals surface area contributed by atoms with E-state index in [1.54, 1.807) is 7.11 Å². The van der Waals surface area contributed by atoms with Gasteiger partial charge in [-0.05, 0) is 31.0 Å². The molecule has 1 fully saturated rings. The molecule has 0 atom stereocenters. The Morgan fingerprint density at radius 1 is 1.29 bits per heavy atom. The average Bonchev–Trinajstić information content (AvgIpc) is 2.54. The van der Waals surface area contributed by atoms with Crippen LogP contribution in [0.15, 0.2) is 18.2 Å². The molecule has 1 aromatic carbocycles. The molecular formula is C18H24O2S. The molecule has 0 radical (unpaired) electrons. The number of benzene rings is 1. The van der Waals surface area contributed by atoms with Gasteiger partial charge < -0.3 is 9.84 Å². The molecule has 0 aromatic heterocycles. The van der Waals surface area contributed by atoms with Crippen molar-refractivity contribution in [2.75, 3.05) is 13.7 Å². The SMILES string of the molecule is COc1ccc(C#CCCO)cc1CSC1CCCCC1. The number of hydrogen-bond donors (Lipinski definition) is 1. The van der Waals surface area contributed by atoms with Crippen LogP contribution >= 0.6 is 11.8 Å². The lowest BCUT2D eigenvalue weighted by molar-refractivity contribution is 0.305. The summed E-state index contributed by atoms with van der Waals surface area (Å²) in [6.07, 6.45) is 7.38. The Morgan fingerprint density at radius 2 is 2.10 bits per heavy atom. The fourth-order valence-electron chi connectivity index (χ4n) is 2.63. The number of thioether (sulfide) groups is 1. The van der Waals surface area contributed by atoms with Crippen molar-refractivity contribution in [3.05, 3.63) is 29.3 Å². The molecular weight excluding hydrogens is 280 g/mol. The number of aliphatic hydroxyl groups excluding tert-OH is 1. The first-order valence-electron chi connectivity index (χ1n) is 7.71. The maximum absolute atomic E-state index is 8.78. The van der Waals surface area contributed by atoms with Crippen molar-refractivity contribution < 1.29 is 9.84 Å². The van der Waals surface area contributed by atoms with Crippen LogP contribution in [-0.2, 0) is 5.75 Å². The van der Waals surface area contributed by atoms with Crippen LogP contribution in [0.4, 0.5) is 0 Å². The highest BCUT2D eigenvalue weighted by Gasteiger charge is 2.14. The van der Waals surface area contributed by atoms with E-state index in [9.17, 15) is 0 Å². The van der Waals surface area contributed by atoms with Crippen molar-refractivity contribution in [2.45, 2.75) is 49.5 Å². The molecule has 2 rings (SSSR count). The Kier molecular flexibility index (Phi) is 6.99. The zero-order chi connectivity index (χ0) is 14.9. The minimum absolute atomic E-state index is 0.119. The molecule has 0 unspecified atom stereocenters. The van der Waals surface area contributed by atoms with Crippen LogP contribution in [0, 0.1) is 11.8 Å². The molecule has 114 valence electrons. The molecule has 0 amide bonds. The fourth-order valence-corrected chi connectivity index (χ4v) is 3.94. The van der Waals surface area contributed by atoms with Gasteiger partial charge in [-0.15, -0.1) is 0 Å². The van der Waals surface area contributed by atoms with Crippen molar-refractivity contribution in [3.63, 3.8) is 0 Å². The topological polar surface area (TPSA) is 29.5 Å².